The van der Waals surface area contributed by atoms with Gasteiger partial charge < -0.3 is 14.5 Å². The van der Waals surface area contributed by atoms with Gasteiger partial charge in [-0.15, -0.1) is 5.10 Å². The van der Waals surface area contributed by atoms with E-state index < -0.39 is 0 Å². The summed E-state index contributed by atoms with van der Waals surface area (Å²) in [6, 6.07) is 9.98. The fraction of sp³-hybridized carbons (Fsp3) is 0.476. The number of hydrogen-bond acceptors (Lipinski definition) is 5. The number of rotatable bonds is 5. The molecule has 1 aliphatic carbocycles. The molecule has 1 aromatic heterocycles. The molecule has 2 aromatic rings. The van der Waals surface area contributed by atoms with Crippen molar-refractivity contribution in [2.45, 2.75) is 32.6 Å². The van der Waals surface area contributed by atoms with Crippen molar-refractivity contribution in [3.8, 4) is 5.75 Å². The van der Waals surface area contributed by atoms with E-state index in [-0.39, 0.29) is 5.91 Å². The standard InChI is InChI=1S/C21H26N4O2/c1-2-27-18-8-6-16(7-9-18)14-21(26)25-12-10-24(11-13-25)20-15-17-4-3-5-19(17)22-23-20/h6-9,15H,2-5,10-14H2,1H3. The van der Waals surface area contributed by atoms with Gasteiger partial charge in [0, 0.05) is 26.2 Å². The smallest absolute Gasteiger partial charge is 0.227 e. The largest absolute Gasteiger partial charge is 0.494 e. The highest BCUT2D eigenvalue weighted by molar-refractivity contribution is 5.79. The Morgan fingerprint density at radius 1 is 1.07 bits per heavy atom. The Hall–Kier alpha value is -2.63. The molecule has 0 atom stereocenters. The lowest BCUT2D eigenvalue weighted by Gasteiger charge is -2.35. The van der Waals surface area contributed by atoms with Crippen LogP contribution >= 0.6 is 0 Å². The van der Waals surface area contributed by atoms with Crippen LogP contribution in [0.2, 0.25) is 0 Å². The van der Waals surface area contributed by atoms with E-state index in [1.54, 1.807) is 0 Å². The molecule has 27 heavy (non-hydrogen) atoms. The first kappa shape index (κ1) is 17.8. The summed E-state index contributed by atoms with van der Waals surface area (Å²) >= 11 is 0. The normalized spacial score (nSPS) is 16.3. The molecule has 1 saturated heterocycles. The summed E-state index contributed by atoms with van der Waals surface area (Å²) in [5, 5.41) is 8.78. The second-order valence-corrected chi connectivity index (χ2v) is 7.15. The molecular weight excluding hydrogens is 340 g/mol. The molecule has 1 aliphatic heterocycles. The quantitative estimate of drug-likeness (QED) is 0.812. The van der Waals surface area contributed by atoms with Gasteiger partial charge in [0.1, 0.15) is 5.75 Å². The first-order valence-electron chi connectivity index (χ1n) is 9.83. The summed E-state index contributed by atoms with van der Waals surface area (Å²) in [5.41, 5.74) is 3.52. The lowest BCUT2D eigenvalue weighted by atomic mass is 10.1. The van der Waals surface area contributed by atoms with Crippen molar-refractivity contribution >= 4 is 11.7 Å². The van der Waals surface area contributed by atoms with Gasteiger partial charge in [0.25, 0.3) is 0 Å². The fourth-order valence-corrected chi connectivity index (χ4v) is 3.81. The predicted molar refractivity (Wildman–Crippen MR) is 104 cm³/mol. The van der Waals surface area contributed by atoms with Crippen molar-refractivity contribution in [2.24, 2.45) is 0 Å². The molecule has 6 nitrogen and oxygen atoms in total. The number of aromatic nitrogens is 2. The minimum Gasteiger partial charge on any atom is -0.494 e. The lowest BCUT2D eigenvalue weighted by Crippen LogP contribution is -2.49. The maximum atomic E-state index is 12.6. The Balaban J connectivity index is 1.31. The summed E-state index contributed by atoms with van der Waals surface area (Å²) in [5.74, 6) is 1.98. The highest BCUT2D eigenvalue weighted by atomic mass is 16.5. The highest BCUT2D eigenvalue weighted by Gasteiger charge is 2.23. The van der Waals surface area contributed by atoms with Crippen molar-refractivity contribution < 1.29 is 9.53 Å². The van der Waals surface area contributed by atoms with Gasteiger partial charge in [0.2, 0.25) is 5.91 Å². The third-order valence-electron chi connectivity index (χ3n) is 5.35. The Morgan fingerprint density at radius 2 is 1.85 bits per heavy atom. The summed E-state index contributed by atoms with van der Waals surface area (Å²) in [6.45, 7) is 5.69. The molecule has 6 heteroatoms. The van der Waals surface area contributed by atoms with Crippen LogP contribution in [0.25, 0.3) is 0 Å². The van der Waals surface area contributed by atoms with E-state index >= 15 is 0 Å². The molecule has 0 spiro atoms. The van der Waals surface area contributed by atoms with Gasteiger partial charge >= 0.3 is 0 Å². The SMILES string of the molecule is CCOc1ccc(CC(=O)N2CCN(c3cc4c(nn3)CCC4)CC2)cc1. The van der Waals surface area contributed by atoms with Gasteiger partial charge in [-0.25, -0.2) is 0 Å². The molecule has 0 saturated carbocycles. The molecule has 2 heterocycles. The number of aryl methyl sites for hydroxylation is 2. The topological polar surface area (TPSA) is 58.6 Å². The van der Waals surface area contributed by atoms with Crippen molar-refractivity contribution in [3.05, 3.63) is 47.2 Å². The Morgan fingerprint density at radius 3 is 2.59 bits per heavy atom. The van der Waals surface area contributed by atoms with Crippen LogP contribution in [0.4, 0.5) is 5.82 Å². The summed E-state index contributed by atoms with van der Waals surface area (Å²) in [4.78, 5) is 16.8. The molecular formula is C21H26N4O2. The molecule has 0 bridgehead atoms. The van der Waals surface area contributed by atoms with Crippen LogP contribution in [0.5, 0.6) is 5.75 Å². The number of piperazine rings is 1. The first-order chi connectivity index (χ1) is 13.2. The third-order valence-corrected chi connectivity index (χ3v) is 5.35. The van der Waals surface area contributed by atoms with Crippen LogP contribution < -0.4 is 9.64 Å². The van der Waals surface area contributed by atoms with E-state index in [9.17, 15) is 4.79 Å². The molecule has 142 valence electrons. The zero-order valence-corrected chi connectivity index (χ0v) is 15.9. The van der Waals surface area contributed by atoms with E-state index in [4.69, 9.17) is 4.74 Å². The van der Waals surface area contributed by atoms with Gasteiger partial charge in [-0.1, -0.05) is 12.1 Å². The number of carbonyl (C=O) groups excluding carboxylic acids is 1. The number of fused-ring (bicyclic) bond motifs is 1. The second kappa shape index (κ2) is 7.94. The molecule has 0 radical (unpaired) electrons. The van der Waals surface area contributed by atoms with Crippen LogP contribution in [-0.2, 0) is 24.1 Å². The minimum absolute atomic E-state index is 0.179. The average molecular weight is 366 g/mol. The number of nitrogens with zero attached hydrogens (tertiary/aromatic N) is 4. The van der Waals surface area contributed by atoms with Crippen LogP contribution in [0.3, 0.4) is 0 Å². The molecule has 1 amide bonds. The van der Waals surface area contributed by atoms with Crippen molar-refractivity contribution in [1.29, 1.82) is 0 Å². The van der Waals surface area contributed by atoms with Gasteiger partial charge in [0.15, 0.2) is 5.82 Å². The molecule has 0 N–H and O–H groups in total. The predicted octanol–water partition coefficient (Wildman–Crippen LogP) is 2.26. The maximum Gasteiger partial charge on any atom is 0.227 e. The van der Waals surface area contributed by atoms with Crippen LogP contribution in [0.1, 0.15) is 30.2 Å². The Labute approximate surface area is 160 Å². The van der Waals surface area contributed by atoms with E-state index in [1.807, 2.05) is 36.1 Å². The van der Waals surface area contributed by atoms with E-state index in [1.165, 1.54) is 12.0 Å². The maximum absolute atomic E-state index is 12.6. The van der Waals surface area contributed by atoms with Gasteiger partial charge in [0.05, 0.1) is 18.7 Å². The third kappa shape index (κ3) is 4.04. The van der Waals surface area contributed by atoms with E-state index in [2.05, 4.69) is 21.2 Å². The second-order valence-electron chi connectivity index (χ2n) is 7.15. The van der Waals surface area contributed by atoms with Crippen LogP contribution in [0, 0.1) is 0 Å². The molecule has 1 aromatic carbocycles. The van der Waals surface area contributed by atoms with Crippen molar-refractivity contribution in [2.75, 3.05) is 37.7 Å². The number of ether oxygens (including phenoxy) is 1. The molecule has 1 fully saturated rings. The molecule has 0 unspecified atom stereocenters. The van der Waals surface area contributed by atoms with E-state index in [0.29, 0.717) is 13.0 Å². The fourth-order valence-electron chi connectivity index (χ4n) is 3.81. The number of hydrogen-bond donors (Lipinski definition) is 0. The zero-order valence-electron chi connectivity index (χ0n) is 15.9. The summed E-state index contributed by atoms with van der Waals surface area (Å²) in [7, 11) is 0. The Bertz CT molecular complexity index is 798. The summed E-state index contributed by atoms with van der Waals surface area (Å²) < 4.78 is 5.45. The molecule has 2 aliphatic rings. The summed E-state index contributed by atoms with van der Waals surface area (Å²) in [6.07, 6.45) is 3.78. The average Bonchev–Trinajstić information content (AvgIpc) is 3.17. The minimum atomic E-state index is 0.179. The first-order valence-corrected chi connectivity index (χ1v) is 9.83. The highest BCUT2D eigenvalue weighted by Crippen LogP contribution is 2.23. The monoisotopic (exact) mass is 366 g/mol. The number of anilines is 1. The Kier molecular flexibility index (Phi) is 5.23. The van der Waals surface area contributed by atoms with Gasteiger partial charge in [-0.3, -0.25) is 4.79 Å². The van der Waals surface area contributed by atoms with E-state index in [0.717, 1.165) is 61.8 Å². The van der Waals surface area contributed by atoms with Crippen molar-refractivity contribution in [3.63, 3.8) is 0 Å². The van der Waals surface area contributed by atoms with Crippen LogP contribution in [-0.4, -0.2) is 53.8 Å². The number of amides is 1. The zero-order chi connectivity index (χ0) is 18.6. The van der Waals surface area contributed by atoms with Gasteiger partial charge in [-0.05, 0) is 55.5 Å². The molecule has 4 rings (SSSR count). The van der Waals surface area contributed by atoms with Crippen molar-refractivity contribution in [1.82, 2.24) is 15.1 Å². The van der Waals surface area contributed by atoms with Crippen LogP contribution in [0.15, 0.2) is 30.3 Å². The number of benzene rings is 1. The number of carbonyl (C=O) groups is 1. The lowest BCUT2D eigenvalue weighted by molar-refractivity contribution is -0.130. The van der Waals surface area contributed by atoms with Gasteiger partial charge in [-0.2, -0.15) is 5.10 Å².